The molecule has 0 bridgehead atoms. The molecule has 0 saturated heterocycles. The molecule has 2 amide bonds. The second-order valence-electron chi connectivity index (χ2n) is 16.9. The second kappa shape index (κ2) is 15.4. The van der Waals surface area contributed by atoms with E-state index in [1.165, 1.54) is 44.5 Å². The monoisotopic (exact) mass is 837 g/mol. The first-order valence-electron chi connectivity index (χ1n) is 19.3. The molecule has 6 rings (SSSR count). The molecule has 2 aliphatic rings. The van der Waals surface area contributed by atoms with E-state index in [0.717, 1.165) is 57.4 Å². The summed E-state index contributed by atoms with van der Waals surface area (Å²) < 4.78 is -1.76. The molecule has 0 heterocycles. The Kier molecular flexibility index (Phi) is 11.5. The summed E-state index contributed by atoms with van der Waals surface area (Å²) in [4.78, 5) is 25.2. The van der Waals surface area contributed by atoms with Gasteiger partial charge >= 0.3 is 334 Å². The van der Waals surface area contributed by atoms with E-state index in [2.05, 4.69) is 153 Å². The first kappa shape index (κ1) is 40.5. The van der Waals surface area contributed by atoms with E-state index in [1.54, 1.807) is 0 Å². The summed E-state index contributed by atoms with van der Waals surface area (Å²) in [5, 5.41) is 6.04. The summed E-state index contributed by atoms with van der Waals surface area (Å²) in [7, 11) is 17.5. The Labute approximate surface area is 331 Å². The molecular formula is C46H54BCl2N2O2Zr. The number of halogens is 2. The molecular weight excluding hydrogens is 785 g/mol. The molecule has 8 heteroatoms. The third-order valence-corrected chi connectivity index (χ3v) is 32.0. The molecule has 2 atom stereocenters. The van der Waals surface area contributed by atoms with Crippen LogP contribution in [0.25, 0.3) is 34.4 Å². The van der Waals surface area contributed by atoms with Crippen LogP contribution < -0.4 is 10.5 Å². The Hall–Kier alpha value is -3.17. The molecule has 2 N–H and O–H groups in total. The Balaban J connectivity index is 1.71. The zero-order valence-corrected chi connectivity index (χ0v) is 37.4. The van der Waals surface area contributed by atoms with Gasteiger partial charge in [0.2, 0.25) is 0 Å². The molecule has 2 aliphatic carbocycles. The molecule has 4 aromatic carbocycles. The SMILES string of the molecule is Cc1cc(C)c(C)c(-c2cccc3c2C=C(CC(C)C)[CH]3[Zr]([Cl])([Cl])([B](NC=O)NC=O)[CH]2C(CC(C)C)=Cc3c(-c4cc(C)cc(C)c4C)cccc32)c1. The van der Waals surface area contributed by atoms with Gasteiger partial charge in [-0.25, -0.2) is 0 Å². The zero-order valence-electron chi connectivity index (χ0n) is 33.5. The summed E-state index contributed by atoms with van der Waals surface area (Å²) in [5.41, 5.74) is 18.8. The van der Waals surface area contributed by atoms with Gasteiger partial charge in [0.1, 0.15) is 0 Å². The number of hydrogen-bond acceptors (Lipinski definition) is 2. The number of carbonyl (C=O) groups is 2. The maximum atomic E-state index is 12.6. The molecule has 2 unspecified atom stereocenters. The van der Waals surface area contributed by atoms with Gasteiger partial charge in [-0.1, -0.05) is 0 Å². The molecule has 4 aromatic rings. The van der Waals surface area contributed by atoms with Crippen LogP contribution in [0.5, 0.6) is 0 Å². The standard InChI is InChI=1S/2C22H25.C2H3BN2O2.2ClH.Zr/c2*1-14(2)9-18-12-19-7-6-8-20(22(19)13-18)21-11-15(3)10-16(4)17(21)5;6-1-4-3-5-2-7;;;/h2*6-8,10-14H,9H2,1-5H3;1-2H,(H-,4,5,6,7);2*1H;/q;;;;;+1/p-1. The van der Waals surface area contributed by atoms with Crippen molar-refractivity contribution in [3.8, 4) is 22.3 Å². The van der Waals surface area contributed by atoms with Crippen LogP contribution in [0.3, 0.4) is 0 Å². The van der Waals surface area contributed by atoms with E-state index in [9.17, 15) is 9.59 Å². The molecule has 54 heavy (non-hydrogen) atoms. The van der Waals surface area contributed by atoms with Gasteiger partial charge in [0.25, 0.3) is 0 Å². The van der Waals surface area contributed by atoms with E-state index in [4.69, 9.17) is 17.0 Å². The molecule has 281 valence electrons. The van der Waals surface area contributed by atoms with Gasteiger partial charge in [-0.15, -0.1) is 0 Å². The molecule has 0 fully saturated rings. The van der Waals surface area contributed by atoms with Crippen molar-refractivity contribution in [3.05, 3.63) is 127 Å². The number of allylic oxidation sites excluding steroid dienone is 2. The average molecular weight is 840 g/mol. The fourth-order valence-corrected chi connectivity index (χ4v) is 30.2. The van der Waals surface area contributed by atoms with Crippen LogP contribution >= 0.6 is 17.0 Å². The normalized spacial score (nSPS) is 17.0. The van der Waals surface area contributed by atoms with Crippen molar-refractivity contribution < 1.29 is 25.8 Å². The maximum absolute atomic E-state index is 12.6. The number of hydrogen-bond donors (Lipinski definition) is 2. The van der Waals surface area contributed by atoms with E-state index < -0.39 is 27.9 Å². The fourth-order valence-electron chi connectivity index (χ4n) is 9.64. The summed E-state index contributed by atoms with van der Waals surface area (Å²) in [6, 6.07) is 22.0. The third kappa shape index (κ3) is 6.94. The summed E-state index contributed by atoms with van der Waals surface area (Å²) in [6.45, 7) is 21.9. The van der Waals surface area contributed by atoms with Crippen molar-refractivity contribution in [2.24, 2.45) is 11.8 Å². The van der Waals surface area contributed by atoms with Crippen LogP contribution in [-0.4, -0.2) is 17.3 Å². The number of fused-ring (bicyclic) bond motifs is 2. The van der Waals surface area contributed by atoms with Crippen molar-refractivity contribution in [3.63, 3.8) is 0 Å². The van der Waals surface area contributed by atoms with Crippen LogP contribution in [0, 0.1) is 53.4 Å². The Morgan fingerprint density at radius 3 is 1.37 bits per heavy atom. The van der Waals surface area contributed by atoms with Crippen molar-refractivity contribution in [2.75, 3.05) is 0 Å². The Morgan fingerprint density at radius 2 is 1.02 bits per heavy atom. The van der Waals surface area contributed by atoms with Gasteiger partial charge in [-0.3, -0.25) is 0 Å². The van der Waals surface area contributed by atoms with Crippen LogP contribution in [0.4, 0.5) is 0 Å². The van der Waals surface area contributed by atoms with Crippen molar-refractivity contribution >= 4 is 46.5 Å². The molecule has 0 aromatic heterocycles. The molecule has 0 radical (unpaired) electrons. The van der Waals surface area contributed by atoms with Gasteiger partial charge in [0, 0.05) is 0 Å². The van der Waals surface area contributed by atoms with Crippen molar-refractivity contribution in [1.29, 1.82) is 0 Å². The Morgan fingerprint density at radius 1 is 0.630 bits per heavy atom. The number of rotatable bonds is 13. The van der Waals surface area contributed by atoms with Crippen LogP contribution in [0.2, 0.25) is 0 Å². The van der Waals surface area contributed by atoms with Crippen molar-refractivity contribution in [2.45, 2.75) is 89.3 Å². The first-order valence-corrected chi connectivity index (χ1v) is 29.9. The first-order chi connectivity index (χ1) is 25.5. The summed E-state index contributed by atoms with van der Waals surface area (Å²) in [5.74, 6) is 0.619. The number of aryl methyl sites for hydroxylation is 4. The van der Waals surface area contributed by atoms with Crippen molar-refractivity contribution in [1.82, 2.24) is 10.5 Å². The van der Waals surface area contributed by atoms with Gasteiger partial charge in [0.15, 0.2) is 0 Å². The van der Waals surface area contributed by atoms with Gasteiger partial charge < -0.3 is 0 Å². The molecule has 0 spiro atoms. The number of carbonyl (C=O) groups excluding carboxylic acids is 2. The number of benzene rings is 4. The minimum atomic E-state index is -5.93. The predicted octanol–water partition coefficient (Wildman–Crippen LogP) is 12.0. The van der Waals surface area contributed by atoms with E-state index in [1.807, 2.05) is 0 Å². The van der Waals surface area contributed by atoms with Crippen LogP contribution in [0.15, 0.2) is 71.8 Å². The van der Waals surface area contributed by atoms with E-state index >= 15 is 0 Å². The number of nitrogens with one attached hydrogen (secondary N) is 2. The summed E-state index contributed by atoms with van der Waals surface area (Å²) >= 11 is -5.93. The molecule has 4 nitrogen and oxygen atoms in total. The van der Waals surface area contributed by atoms with E-state index in [-0.39, 0.29) is 0 Å². The van der Waals surface area contributed by atoms with Gasteiger partial charge in [-0.2, -0.15) is 0 Å². The van der Waals surface area contributed by atoms with E-state index in [0.29, 0.717) is 24.7 Å². The number of amides is 2. The van der Waals surface area contributed by atoms with Gasteiger partial charge in [0.05, 0.1) is 0 Å². The predicted molar refractivity (Wildman–Crippen MR) is 228 cm³/mol. The topological polar surface area (TPSA) is 58.2 Å². The minimum absolute atomic E-state index is 0.309. The Bertz CT molecular complexity index is 2070. The average Bonchev–Trinajstić information content (AvgIpc) is 3.66. The zero-order chi connectivity index (χ0) is 39.3. The third-order valence-electron chi connectivity index (χ3n) is 11.9. The fraction of sp³-hybridized carbons (Fsp3) is 0.348. The molecule has 0 aliphatic heterocycles. The summed E-state index contributed by atoms with van der Waals surface area (Å²) in [6.07, 6.45) is 7.50. The second-order valence-corrected chi connectivity index (χ2v) is 38.3. The van der Waals surface area contributed by atoms with Gasteiger partial charge in [-0.05, 0) is 0 Å². The molecule has 0 saturated carbocycles. The van der Waals surface area contributed by atoms with Crippen LogP contribution in [0.1, 0.15) is 103 Å². The van der Waals surface area contributed by atoms with Crippen LogP contribution in [-0.2, 0) is 25.8 Å². The quantitative estimate of drug-likeness (QED) is 0.104.